The second kappa shape index (κ2) is 6.16. The molecule has 0 aromatic carbocycles. The lowest BCUT2D eigenvalue weighted by atomic mass is 9.75. The highest BCUT2D eigenvalue weighted by atomic mass is 15.2. The van der Waals surface area contributed by atoms with E-state index in [1.807, 2.05) is 12.3 Å². The SMILES string of the molecule is CCC1CCCC(C(NN)c2cnccc2N)C1. The van der Waals surface area contributed by atoms with E-state index in [1.54, 1.807) is 6.20 Å². The first-order chi connectivity index (χ1) is 8.76. The zero-order valence-electron chi connectivity index (χ0n) is 11.1. The summed E-state index contributed by atoms with van der Waals surface area (Å²) in [5.74, 6) is 7.16. The fourth-order valence-electron chi connectivity index (χ4n) is 3.16. The Bertz CT molecular complexity index is 380. The number of hydrazine groups is 1. The number of nitrogen functional groups attached to an aromatic ring is 1. The zero-order chi connectivity index (χ0) is 13.0. The summed E-state index contributed by atoms with van der Waals surface area (Å²) < 4.78 is 0. The predicted molar refractivity (Wildman–Crippen MR) is 74.5 cm³/mol. The molecule has 0 amide bonds. The third-order valence-electron chi connectivity index (χ3n) is 4.27. The molecule has 1 saturated carbocycles. The first kappa shape index (κ1) is 13.3. The van der Waals surface area contributed by atoms with Crippen molar-refractivity contribution < 1.29 is 0 Å². The maximum absolute atomic E-state index is 6.04. The second-order valence-electron chi connectivity index (χ2n) is 5.35. The van der Waals surface area contributed by atoms with E-state index in [1.165, 1.54) is 32.1 Å². The molecule has 1 heterocycles. The van der Waals surface area contributed by atoms with Crippen LogP contribution in [-0.2, 0) is 0 Å². The van der Waals surface area contributed by atoms with Gasteiger partial charge in [-0.05, 0) is 30.7 Å². The van der Waals surface area contributed by atoms with Gasteiger partial charge in [-0.1, -0.05) is 26.2 Å². The molecule has 4 nitrogen and oxygen atoms in total. The van der Waals surface area contributed by atoms with E-state index in [4.69, 9.17) is 11.6 Å². The van der Waals surface area contributed by atoms with Gasteiger partial charge in [-0.15, -0.1) is 0 Å². The van der Waals surface area contributed by atoms with Crippen LogP contribution in [-0.4, -0.2) is 4.98 Å². The highest BCUT2D eigenvalue weighted by molar-refractivity contribution is 5.46. The van der Waals surface area contributed by atoms with Crippen LogP contribution in [0.3, 0.4) is 0 Å². The van der Waals surface area contributed by atoms with Crippen molar-refractivity contribution >= 4 is 5.69 Å². The third-order valence-corrected chi connectivity index (χ3v) is 4.27. The van der Waals surface area contributed by atoms with Crippen LogP contribution in [0, 0.1) is 11.8 Å². The molecule has 100 valence electrons. The van der Waals surface area contributed by atoms with Gasteiger partial charge in [0.1, 0.15) is 0 Å². The van der Waals surface area contributed by atoms with E-state index in [9.17, 15) is 0 Å². The predicted octanol–water partition coefficient (Wildman–Crippen LogP) is 2.38. The van der Waals surface area contributed by atoms with Gasteiger partial charge in [-0.2, -0.15) is 0 Å². The summed E-state index contributed by atoms with van der Waals surface area (Å²) in [6, 6.07) is 1.98. The molecule has 1 aromatic heterocycles. The second-order valence-corrected chi connectivity index (χ2v) is 5.35. The molecule has 0 spiro atoms. The van der Waals surface area contributed by atoms with E-state index >= 15 is 0 Å². The summed E-state index contributed by atoms with van der Waals surface area (Å²) in [6.07, 6.45) is 9.93. The third kappa shape index (κ3) is 2.82. The van der Waals surface area contributed by atoms with Crippen molar-refractivity contribution in [2.45, 2.75) is 45.1 Å². The smallest absolute Gasteiger partial charge is 0.0523 e. The summed E-state index contributed by atoms with van der Waals surface area (Å²) in [7, 11) is 0. The van der Waals surface area contributed by atoms with Crippen molar-refractivity contribution in [1.29, 1.82) is 0 Å². The van der Waals surface area contributed by atoms with Gasteiger partial charge in [0, 0.05) is 23.6 Å². The van der Waals surface area contributed by atoms with Gasteiger partial charge in [0.25, 0.3) is 0 Å². The highest BCUT2D eigenvalue weighted by Gasteiger charge is 2.29. The molecule has 0 bridgehead atoms. The lowest BCUT2D eigenvalue weighted by Gasteiger charge is -2.34. The maximum atomic E-state index is 6.04. The van der Waals surface area contributed by atoms with Gasteiger partial charge in [-0.25, -0.2) is 0 Å². The number of nitrogens with one attached hydrogen (secondary N) is 1. The van der Waals surface area contributed by atoms with Crippen LogP contribution < -0.4 is 17.0 Å². The number of anilines is 1. The summed E-state index contributed by atoms with van der Waals surface area (Å²) in [4.78, 5) is 4.17. The number of hydrogen-bond donors (Lipinski definition) is 3. The molecular weight excluding hydrogens is 224 g/mol. The Balaban J connectivity index is 2.15. The number of pyridine rings is 1. The zero-order valence-corrected chi connectivity index (χ0v) is 11.1. The van der Waals surface area contributed by atoms with Crippen LogP contribution >= 0.6 is 0 Å². The Labute approximate surface area is 109 Å². The average Bonchev–Trinajstić information content (AvgIpc) is 2.42. The quantitative estimate of drug-likeness (QED) is 0.565. The summed E-state index contributed by atoms with van der Waals surface area (Å²) >= 11 is 0. The topological polar surface area (TPSA) is 77.0 Å². The average molecular weight is 248 g/mol. The van der Waals surface area contributed by atoms with E-state index < -0.39 is 0 Å². The lowest BCUT2D eigenvalue weighted by molar-refractivity contribution is 0.210. The van der Waals surface area contributed by atoms with E-state index in [0.29, 0.717) is 5.92 Å². The first-order valence-corrected chi connectivity index (χ1v) is 6.91. The molecule has 0 radical (unpaired) electrons. The van der Waals surface area contributed by atoms with E-state index in [-0.39, 0.29) is 6.04 Å². The Morgan fingerprint density at radius 1 is 1.50 bits per heavy atom. The van der Waals surface area contributed by atoms with Crippen molar-refractivity contribution in [2.75, 3.05) is 5.73 Å². The van der Waals surface area contributed by atoms with Crippen LogP contribution in [0.2, 0.25) is 0 Å². The molecule has 3 atom stereocenters. The minimum atomic E-state index is 0.132. The molecular formula is C14H24N4. The molecule has 0 aliphatic heterocycles. The molecule has 4 heteroatoms. The number of hydrogen-bond acceptors (Lipinski definition) is 4. The van der Waals surface area contributed by atoms with E-state index in [0.717, 1.165) is 17.2 Å². The Hall–Kier alpha value is -1.13. The first-order valence-electron chi connectivity index (χ1n) is 6.91. The Morgan fingerprint density at radius 3 is 3.00 bits per heavy atom. The normalized spacial score (nSPS) is 25.9. The monoisotopic (exact) mass is 248 g/mol. The Morgan fingerprint density at radius 2 is 2.33 bits per heavy atom. The van der Waals surface area contributed by atoms with Crippen molar-refractivity contribution in [3.63, 3.8) is 0 Å². The maximum Gasteiger partial charge on any atom is 0.0523 e. The van der Waals surface area contributed by atoms with Crippen LogP contribution in [0.15, 0.2) is 18.5 Å². The molecule has 2 rings (SSSR count). The standard InChI is InChI=1S/C14H24N4/c1-2-10-4-3-5-11(8-10)14(18-16)12-9-17-7-6-13(12)15/h6-7,9-11,14,18H,2-5,8,16H2,1H3,(H2,15,17). The largest absolute Gasteiger partial charge is 0.398 e. The fraction of sp³-hybridized carbons (Fsp3) is 0.643. The van der Waals surface area contributed by atoms with Crippen LogP contribution in [0.5, 0.6) is 0 Å². The van der Waals surface area contributed by atoms with Crippen LogP contribution in [0.25, 0.3) is 0 Å². The van der Waals surface area contributed by atoms with Gasteiger partial charge in [0.2, 0.25) is 0 Å². The van der Waals surface area contributed by atoms with Crippen molar-refractivity contribution in [3.8, 4) is 0 Å². The van der Waals surface area contributed by atoms with Gasteiger partial charge < -0.3 is 5.73 Å². The van der Waals surface area contributed by atoms with Gasteiger partial charge in [0.05, 0.1) is 6.04 Å². The molecule has 1 aliphatic rings. The summed E-state index contributed by atoms with van der Waals surface area (Å²) in [6.45, 7) is 2.27. The Kier molecular flexibility index (Phi) is 4.55. The number of nitrogens with two attached hydrogens (primary N) is 2. The van der Waals surface area contributed by atoms with Crippen molar-refractivity contribution in [2.24, 2.45) is 17.7 Å². The van der Waals surface area contributed by atoms with Crippen molar-refractivity contribution in [1.82, 2.24) is 10.4 Å². The molecule has 1 fully saturated rings. The minimum Gasteiger partial charge on any atom is -0.398 e. The van der Waals surface area contributed by atoms with Gasteiger partial charge in [0.15, 0.2) is 0 Å². The van der Waals surface area contributed by atoms with E-state index in [2.05, 4.69) is 17.3 Å². The fourth-order valence-corrected chi connectivity index (χ4v) is 3.16. The summed E-state index contributed by atoms with van der Waals surface area (Å²) in [5.41, 5.74) is 10.8. The van der Waals surface area contributed by atoms with Crippen molar-refractivity contribution in [3.05, 3.63) is 24.0 Å². The van der Waals surface area contributed by atoms with Crippen LogP contribution in [0.1, 0.15) is 50.6 Å². The van der Waals surface area contributed by atoms with Crippen LogP contribution in [0.4, 0.5) is 5.69 Å². The molecule has 5 N–H and O–H groups in total. The van der Waals surface area contributed by atoms with Gasteiger partial charge in [-0.3, -0.25) is 16.3 Å². The number of rotatable bonds is 4. The van der Waals surface area contributed by atoms with Gasteiger partial charge >= 0.3 is 0 Å². The highest BCUT2D eigenvalue weighted by Crippen LogP contribution is 2.39. The summed E-state index contributed by atoms with van der Waals surface area (Å²) in [5, 5.41) is 0. The molecule has 18 heavy (non-hydrogen) atoms. The molecule has 0 saturated heterocycles. The number of aromatic nitrogens is 1. The molecule has 1 aliphatic carbocycles. The number of nitrogens with zero attached hydrogens (tertiary/aromatic N) is 1. The molecule has 3 unspecified atom stereocenters. The lowest BCUT2D eigenvalue weighted by Crippen LogP contribution is -2.36. The molecule has 1 aromatic rings. The minimum absolute atomic E-state index is 0.132.